The third kappa shape index (κ3) is 10.1. The highest BCUT2D eigenvalue weighted by atomic mass is 17.1. The standard InChI is InChI=1S/C36H66O4/c1-3-5-7-13-19-30-24-26-36(25-18-12-11-16-22-33(36)29-40-38)35(34(30)23-17-8-6-4-2)27-31-20-14-9-10-15-21-32(31)28-39-37/h27,30,32-35,37-38H,3-26,28-29H2,1-2H3/b31-27+. The summed E-state index contributed by atoms with van der Waals surface area (Å²) in [6.45, 7) is 5.58. The summed E-state index contributed by atoms with van der Waals surface area (Å²) in [6.07, 6.45) is 34.1. The van der Waals surface area contributed by atoms with E-state index in [2.05, 4.69) is 19.9 Å². The zero-order valence-electron chi connectivity index (χ0n) is 26.6. The fourth-order valence-electron chi connectivity index (χ4n) is 9.25. The number of rotatable bonds is 15. The number of hydrogen-bond acceptors (Lipinski definition) is 4. The summed E-state index contributed by atoms with van der Waals surface area (Å²) in [5, 5.41) is 19.4. The molecule has 234 valence electrons. The molecule has 0 saturated heterocycles. The maximum atomic E-state index is 9.81. The Morgan fingerprint density at radius 3 is 2.10 bits per heavy atom. The second-order valence-corrected chi connectivity index (χ2v) is 14.1. The topological polar surface area (TPSA) is 58.9 Å². The van der Waals surface area contributed by atoms with Crippen LogP contribution in [0, 0.1) is 35.0 Å². The van der Waals surface area contributed by atoms with Gasteiger partial charge in [-0.3, -0.25) is 10.5 Å². The molecular formula is C36H66O4. The normalized spacial score (nSPS) is 33.4. The fourth-order valence-corrected chi connectivity index (χ4v) is 9.25. The molecule has 0 aromatic heterocycles. The van der Waals surface area contributed by atoms with Gasteiger partial charge in [0.25, 0.3) is 0 Å². The molecular weight excluding hydrogens is 496 g/mol. The number of hydrogen-bond donors (Lipinski definition) is 2. The summed E-state index contributed by atoms with van der Waals surface area (Å²) in [7, 11) is 0. The molecule has 0 radical (unpaired) electrons. The zero-order chi connectivity index (χ0) is 28.5. The molecule has 3 aliphatic carbocycles. The fraction of sp³-hybridized carbons (Fsp3) is 0.944. The van der Waals surface area contributed by atoms with Gasteiger partial charge in [-0.2, -0.15) is 0 Å². The van der Waals surface area contributed by atoms with E-state index >= 15 is 0 Å². The molecule has 40 heavy (non-hydrogen) atoms. The van der Waals surface area contributed by atoms with E-state index in [0.29, 0.717) is 31.0 Å². The van der Waals surface area contributed by atoms with Gasteiger partial charge in [0.05, 0.1) is 13.2 Å². The van der Waals surface area contributed by atoms with E-state index < -0.39 is 0 Å². The van der Waals surface area contributed by atoms with Crippen molar-refractivity contribution in [1.29, 1.82) is 0 Å². The molecule has 3 aliphatic rings. The molecule has 1 spiro atoms. The van der Waals surface area contributed by atoms with Gasteiger partial charge in [0.15, 0.2) is 0 Å². The van der Waals surface area contributed by atoms with Crippen molar-refractivity contribution in [2.75, 3.05) is 13.2 Å². The van der Waals surface area contributed by atoms with Crippen LogP contribution in [0.2, 0.25) is 0 Å². The molecule has 4 heteroatoms. The molecule has 0 bridgehead atoms. The first-order valence-corrected chi connectivity index (χ1v) is 17.9. The van der Waals surface area contributed by atoms with Crippen LogP contribution in [0.25, 0.3) is 0 Å². The molecule has 0 aromatic rings. The lowest BCUT2D eigenvalue weighted by Gasteiger charge is -2.55. The van der Waals surface area contributed by atoms with E-state index in [4.69, 9.17) is 9.78 Å². The van der Waals surface area contributed by atoms with Gasteiger partial charge >= 0.3 is 0 Å². The van der Waals surface area contributed by atoms with Gasteiger partial charge in [-0.15, -0.1) is 0 Å². The maximum absolute atomic E-state index is 9.81. The van der Waals surface area contributed by atoms with Crippen LogP contribution in [0.1, 0.15) is 168 Å². The summed E-state index contributed by atoms with van der Waals surface area (Å²) in [6, 6.07) is 0. The van der Waals surface area contributed by atoms with Crippen molar-refractivity contribution in [3.05, 3.63) is 11.6 Å². The van der Waals surface area contributed by atoms with Crippen LogP contribution in [-0.2, 0) is 9.78 Å². The third-order valence-electron chi connectivity index (χ3n) is 11.5. The molecule has 3 fully saturated rings. The monoisotopic (exact) mass is 562 g/mol. The van der Waals surface area contributed by atoms with Crippen LogP contribution >= 0.6 is 0 Å². The predicted octanol–water partition coefficient (Wildman–Crippen LogP) is 11.4. The molecule has 0 amide bonds. The van der Waals surface area contributed by atoms with Crippen LogP contribution in [0.5, 0.6) is 0 Å². The van der Waals surface area contributed by atoms with Gasteiger partial charge in [-0.25, -0.2) is 9.78 Å². The molecule has 3 rings (SSSR count). The van der Waals surface area contributed by atoms with Gasteiger partial charge < -0.3 is 0 Å². The Balaban J connectivity index is 2.04. The minimum Gasteiger partial charge on any atom is -0.252 e. The first-order valence-electron chi connectivity index (χ1n) is 17.9. The summed E-state index contributed by atoms with van der Waals surface area (Å²) in [4.78, 5) is 9.89. The van der Waals surface area contributed by atoms with Crippen LogP contribution < -0.4 is 0 Å². The highest BCUT2D eigenvalue weighted by Crippen LogP contribution is 2.59. The lowest BCUT2D eigenvalue weighted by molar-refractivity contribution is -0.263. The average Bonchev–Trinajstić information content (AvgIpc) is 2.94. The van der Waals surface area contributed by atoms with E-state index in [1.807, 2.05) is 0 Å². The summed E-state index contributed by atoms with van der Waals surface area (Å²) in [5.41, 5.74) is 1.80. The van der Waals surface area contributed by atoms with Crippen molar-refractivity contribution in [2.45, 2.75) is 168 Å². The van der Waals surface area contributed by atoms with Gasteiger partial charge in [-0.05, 0) is 80.5 Å². The Labute approximate surface area is 247 Å². The SMILES string of the molecule is CCCCCCC1CCC2(CCCCCCC2COO)C(/C=C2\CCCCCCC2COO)C1CCCCCC. The first-order chi connectivity index (χ1) is 19.7. The van der Waals surface area contributed by atoms with Crippen LogP contribution in [0.15, 0.2) is 11.6 Å². The highest BCUT2D eigenvalue weighted by Gasteiger charge is 2.51. The average molecular weight is 563 g/mol. The van der Waals surface area contributed by atoms with Crippen LogP contribution in [-0.4, -0.2) is 23.7 Å². The Kier molecular flexibility index (Phi) is 16.8. The van der Waals surface area contributed by atoms with Crippen molar-refractivity contribution in [3.63, 3.8) is 0 Å². The molecule has 0 aromatic carbocycles. The van der Waals surface area contributed by atoms with Gasteiger partial charge in [0.2, 0.25) is 0 Å². The van der Waals surface area contributed by atoms with Crippen molar-refractivity contribution in [2.24, 2.45) is 35.0 Å². The van der Waals surface area contributed by atoms with Gasteiger partial charge in [-0.1, -0.05) is 128 Å². The first kappa shape index (κ1) is 34.1. The van der Waals surface area contributed by atoms with Crippen molar-refractivity contribution < 1.29 is 20.3 Å². The van der Waals surface area contributed by atoms with Gasteiger partial charge in [0.1, 0.15) is 0 Å². The van der Waals surface area contributed by atoms with Crippen molar-refractivity contribution >= 4 is 0 Å². The largest absolute Gasteiger partial charge is 0.252 e. The Bertz CT molecular complexity index is 678. The van der Waals surface area contributed by atoms with Crippen molar-refractivity contribution in [3.8, 4) is 0 Å². The molecule has 6 unspecified atom stereocenters. The van der Waals surface area contributed by atoms with E-state index in [1.165, 1.54) is 141 Å². The minimum absolute atomic E-state index is 0.221. The van der Waals surface area contributed by atoms with Crippen LogP contribution in [0.4, 0.5) is 0 Å². The zero-order valence-corrected chi connectivity index (χ0v) is 26.6. The predicted molar refractivity (Wildman–Crippen MR) is 167 cm³/mol. The minimum atomic E-state index is 0.221. The Morgan fingerprint density at radius 2 is 1.38 bits per heavy atom. The number of allylic oxidation sites excluding steroid dienone is 1. The van der Waals surface area contributed by atoms with E-state index in [1.54, 1.807) is 5.57 Å². The lowest BCUT2D eigenvalue weighted by Crippen LogP contribution is -2.49. The lowest BCUT2D eigenvalue weighted by atomic mass is 9.49. The second kappa shape index (κ2) is 19.7. The number of unbranched alkanes of at least 4 members (excludes halogenated alkanes) is 6. The molecule has 0 heterocycles. The third-order valence-corrected chi connectivity index (χ3v) is 11.5. The van der Waals surface area contributed by atoms with Gasteiger partial charge in [0, 0.05) is 5.92 Å². The Morgan fingerprint density at radius 1 is 0.700 bits per heavy atom. The molecule has 2 N–H and O–H groups in total. The quantitative estimate of drug-likeness (QED) is 0.0901. The summed E-state index contributed by atoms with van der Waals surface area (Å²) < 4.78 is 0. The maximum Gasteiger partial charge on any atom is 0.0884 e. The van der Waals surface area contributed by atoms with E-state index in [9.17, 15) is 10.5 Å². The van der Waals surface area contributed by atoms with E-state index in [0.717, 1.165) is 24.7 Å². The highest BCUT2D eigenvalue weighted by molar-refractivity contribution is 5.16. The molecule has 4 nitrogen and oxygen atoms in total. The Hall–Kier alpha value is -0.420. The van der Waals surface area contributed by atoms with Crippen molar-refractivity contribution in [1.82, 2.24) is 0 Å². The second-order valence-electron chi connectivity index (χ2n) is 14.1. The van der Waals surface area contributed by atoms with E-state index in [-0.39, 0.29) is 5.41 Å². The molecule has 3 saturated carbocycles. The molecule has 6 atom stereocenters. The summed E-state index contributed by atoms with van der Waals surface area (Å²) in [5.74, 6) is 2.86. The van der Waals surface area contributed by atoms with Crippen LogP contribution in [0.3, 0.4) is 0 Å². The summed E-state index contributed by atoms with van der Waals surface area (Å²) >= 11 is 0. The smallest absolute Gasteiger partial charge is 0.0884 e. The molecule has 0 aliphatic heterocycles.